The summed E-state index contributed by atoms with van der Waals surface area (Å²) < 4.78 is 35.8. The smallest absolute Gasteiger partial charge is 0.398 e. The molecule has 0 saturated heterocycles. The molecule has 0 aliphatic heterocycles. The summed E-state index contributed by atoms with van der Waals surface area (Å²) in [5.74, 6) is 0.0345. The molecule has 17 heavy (non-hydrogen) atoms. The Kier molecular flexibility index (Phi) is 5.14. The molecule has 0 heterocycles. The number of thioether (sulfide) groups is 1. The Morgan fingerprint density at radius 3 is 2.53 bits per heavy atom. The van der Waals surface area contributed by atoms with Gasteiger partial charge in [0.1, 0.15) is 0 Å². The van der Waals surface area contributed by atoms with Crippen molar-refractivity contribution in [2.24, 2.45) is 0 Å². The van der Waals surface area contributed by atoms with Gasteiger partial charge in [0.25, 0.3) is 0 Å². The first-order valence-electron chi connectivity index (χ1n) is 5.11. The number of alkyl halides is 3. The monoisotopic (exact) mass is 264 g/mol. The molecule has 0 aliphatic rings. The van der Waals surface area contributed by atoms with Gasteiger partial charge in [0, 0.05) is 24.5 Å². The maximum atomic E-state index is 11.9. The second-order valence-electron chi connectivity index (χ2n) is 3.73. The molecule has 0 saturated carbocycles. The van der Waals surface area contributed by atoms with Crippen LogP contribution in [0.25, 0.3) is 0 Å². The molecule has 0 spiro atoms. The zero-order chi connectivity index (χ0) is 12.9. The highest BCUT2D eigenvalue weighted by Gasteiger charge is 2.27. The lowest BCUT2D eigenvalue weighted by molar-refractivity contribution is -0.0328. The van der Waals surface area contributed by atoms with Gasteiger partial charge in [0.2, 0.25) is 0 Å². The number of hydrogen-bond acceptors (Lipinski definition) is 3. The van der Waals surface area contributed by atoms with Crippen LogP contribution in [0.1, 0.15) is 5.56 Å². The average molecular weight is 264 g/mol. The summed E-state index contributed by atoms with van der Waals surface area (Å²) in [6.45, 7) is 0.934. The summed E-state index contributed by atoms with van der Waals surface area (Å²) in [6.07, 6.45) is 0. The topological polar surface area (TPSA) is 29.3 Å². The van der Waals surface area contributed by atoms with Gasteiger partial charge in [-0.1, -0.05) is 18.2 Å². The van der Waals surface area contributed by atoms with E-state index in [9.17, 15) is 13.2 Å². The Hall–Kier alpha value is -0.880. The largest absolute Gasteiger partial charge is 0.441 e. The maximum absolute atomic E-state index is 11.9. The van der Waals surface area contributed by atoms with Crippen LogP contribution in [-0.2, 0) is 6.54 Å². The average Bonchev–Trinajstić information content (AvgIpc) is 2.19. The van der Waals surface area contributed by atoms with E-state index in [0.717, 1.165) is 5.56 Å². The van der Waals surface area contributed by atoms with Gasteiger partial charge in [-0.3, -0.25) is 0 Å². The summed E-state index contributed by atoms with van der Waals surface area (Å²) >= 11 is 0.00374. The molecule has 96 valence electrons. The van der Waals surface area contributed by atoms with Crippen LogP contribution in [0.5, 0.6) is 0 Å². The molecule has 6 heteroatoms. The maximum Gasteiger partial charge on any atom is 0.441 e. The SMILES string of the molecule is CN(CCSC(F)(F)F)Cc1ccccc1N. The number of nitrogens with zero attached hydrogens (tertiary/aromatic N) is 1. The third-order valence-corrected chi connectivity index (χ3v) is 2.95. The van der Waals surface area contributed by atoms with Crippen molar-refractivity contribution in [1.82, 2.24) is 4.90 Å². The highest BCUT2D eigenvalue weighted by Crippen LogP contribution is 2.29. The highest BCUT2D eigenvalue weighted by molar-refractivity contribution is 8.00. The van der Waals surface area contributed by atoms with Gasteiger partial charge in [-0.15, -0.1) is 0 Å². The van der Waals surface area contributed by atoms with Crippen LogP contribution in [0, 0.1) is 0 Å². The second kappa shape index (κ2) is 6.16. The molecule has 1 aromatic rings. The predicted octanol–water partition coefficient (Wildman–Crippen LogP) is 2.95. The van der Waals surface area contributed by atoms with Gasteiger partial charge in [0.05, 0.1) is 0 Å². The molecular formula is C11H15F3N2S. The molecule has 0 amide bonds. The fraction of sp³-hybridized carbons (Fsp3) is 0.455. The lowest BCUT2D eigenvalue weighted by Gasteiger charge is -2.17. The zero-order valence-corrected chi connectivity index (χ0v) is 10.3. The van der Waals surface area contributed by atoms with Crippen molar-refractivity contribution < 1.29 is 13.2 Å². The lowest BCUT2D eigenvalue weighted by atomic mass is 10.2. The van der Waals surface area contributed by atoms with Crippen LogP contribution in [0.15, 0.2) is 24.3 Å². The highest BCUT2D eigenvalue weighted by atomic mass is 32.2. The molecule has 1 rings (SSSR count). The Bertz CT molecular complexity index is 355. The predicted molar refractivity (Wildman–Crippen MR) is 65.7 cm³/mol. The number of nitrogens with two attached hydrogens (primary N) is 1. The minimum atomic E-state index is -4.15. The van der Waals surface area contributed by atoms with E-state index in [1.165, 1.54) is 0 Å². The number of halogens is 3. The van der Waals surface area contributed by atoms with Gasteiger partial charge < -0.3 is 10.6 Å². The number of benzene rings is 1. The standard InChI is InChI=1S/C11H15F3N2S/c1-16(6-7-17-11(12,13)14)8-9-4-2-3-5-10(9)15/h2-5H,6-8,15H2,1H3. The molecule has 2 N–H and O–H groups in total. The van der Waals surface area contributed by atoms with Crippen molar-refractivity contribution >= 4 is 17.4 Å². The Balaban J connectivity index is 2.35. The van der Waals surface area contributed by atoms with Crippen LogP contribution < -0.4 is 5.73 Å². The van der Waals surface area contributed by atoms with Crippen molar-refractivity contribution in [2.45, 2.75) is 12.1 Å². The zero-order valence-electron chi connectivity index (χ0n) is 9.50. The van der Waals surface area contributed by atoms with E-state index >= 15 is 0 Å². The van der Waals surface area contributed by atoms with E-state index in [1.807, 2.05) is 23.1 Å². The Morgan fingerprint density at radius 2 is 1.94 bits per heavy atom. The first kappa shape index (κ1) is 14.2. The molecular weight excluding hydrogens is 249 g/mol. The molecule has 0 bridgehead atoms. The van der Waals surface area contributed by atoms with Crippen molar-refractivity contribution in [2.75, 3.05) is 25.1 Å². The molecule has 0 unspecified atom stereocenters. The Morgan fingerprint density at radius 1 is 1.29 bits per heavy atom. The van der Waals surface area contributed by atoms with Crippen molar-refractivity contribution in [1.29, 1.82) is 0 Å². The molecule has 0 aliphatic carbocycles. The molecule has 0 fully saturated rings. The number of anilines is 1. The van der Waals surface area contributed by atoms with Gasteiger partial charge in [0.15, 0.2) is 0 Å². The van der Waals surface area contributed by atoms with E-state index in [-0.39, 0.29) is 17.5 Å². The van der Waals surface area contributed by atoms with Gasteiger partial charge >= 0.3 is 5.51 Å². The summed E-state index contributed by atoms with van der Waals surface area (Å²) in [5.41, 5.74) is 3.22. The van der Waals surface area contributed by atoms with Crippen LogP contribution in [0.2, 0.25) is 0 Å². The summed E-state index contributed by atoms with van der Waals surface area (Å²) in [6, 6.07) is 7.36. The fourth-order valence-electron chi connectivity index (χ4n) is 1.37. The Labute approximate surface area is 103 Å². The lowest BCUT2D eigenvalue weighted by Crippen LogP contribution is -2.22. The van der Waals surface area contributed by atoms with Crippen molar-refractivity contribution in [3.63, 3.8) is 0 Å². The number of nitrogen functional groups attached to an aromatic ring is 1. The van der Waals surface area contributed by atoms with E-state index in [1.54, 1.807) is 13.1 Å². The normalized spacial score (nSPS) is 12.1. The molecule has 2 nitrogen and oxygen atoms in total. The summed E-state index contributed by atoms with van der Waals surface area (Å²) in [5, 5.41) is 0. The quantitative estimate of drug-likeness (QED) is 0.829. The fourth-order valence-corrected chi connectivity index (χ4v) is 2.00. The van der Waals surface area contributed by atoms with Crippen molar-refractivity contribution in [3.8, 4) is 0 Å². The summed E-state index contributed by atoms with van der Waals surface area (Å²) in [7, 11) is 1.78. The third-order valence-electron chi connectivity index (χ3n) is 2.23. The van der Waals surface area contributed by atoms with Crippen LogP contribution in [0.3, 0.4) is 0 Å². The molecule has 0 atom stereocenters. The van der Waals surface area contributed by atoms with Crippen LogP contribution >= 0.6 is 11.8 Å². The number of hydrogen-bond donors (Lipinski definition) is 1. The number of para-hydroxylation sites is 1. The third kappa shape index (κ3) is 5.83. The molecule has 1 aromatic carbocycles. The van der Waals surface area contributed by atoms with E-state index in [2.05, 4.69) is 0 Å². The van der Waals surface area contributed by atoms with Gasteiger partial charge in [-0.25, -0.2) is 0 Å². The van der Waals surface area contributed by atoms with E-state index in [0.29, 0.717) is 18.8 Å². The van der Waals surface area contributed by atoms with Gasteiger partial charge in [-0.2, -0.15) is 13.2 Å². The van der Waals surface area contributed by atoms with Gasteiger partial charge in [-0.05, 0) is 30.4 Å². The minimum Gasteiger partial charge on any atom is -0.398 e. The van der Waals surface area contributed by atoms with Crippen LogP contribution in [0.4, 0.5) is 18.9 Å². The minimum absolute atomic E-state index is 0.00374. The van der Waals surface area contributed by atoms with Crippen LogP contribution in [-0.4, -0.2) is 29.8 Å². The first-order chi connectivity index (χ1) is 7.88. The summed E-state index contributed by atoms with van der Waals surface area (Å²) in [4.78, 5) is 1.82. The second-order valence-corrected chi connectivity index (χ2v) is 4.89. The molecule has 0 aromatic heterocycles. The molecule has 0 radical (unpaired) electrons. The van der Waals surface area contributed by atoms with Crippen molar-refractivity contribution in [3.05, 3.63) is 29.8 Å². The first-order valence-corrected chi connectivity index (χ1v) is 6.09. The number of rotatable bonds is 5. The van der Waals surface area contributed by atoms with E-state index < -0.39 is 5.51 Å². The van der Waals surface area contributed by atoms with E-state index in [4.69, 9.17) is 5.73 Å².